The number of benzene rings is 1. The number of rotatable bonds is 8. The van der Waals surface area contributed by atoms with Crippen molar-refractivity contribution in [3.05, 3.63) is 35.6 Å². The molecular formula is C18H23NO2. The Morgan fingerprint density at radius 1 is 1.14 bits per heavy atom. The summed E-state index contributed by atoms with van der Waals surface area (Å²) in [4.78, 5) is 0. The number of hydrogen-bond acceptors (Lipinski definition) is 3. The Balaban J connectivity index is 1.46. The van der Waals surface area contributed by atoms with E-state index < -0.39 is 0 Å². The first kappa shape index (κ1) is 13.4. The Morgan fingerprint density at radius 3 is 2.81 bits per heavy atom. The highest BCUT2D eigenvalue weighted by Crippen LogP contribution is 2.32. The molecule has 0 amide bonds. The first-order valence-electron chi connectivity index (χ1n) is 8.20. The monoisotopic (exact) mass is 285 g/mol. The molecule has 3 heteroatoms. The highest BCUT2D eigenvalue weighted by Gasteiger charge is 2.23. The molecule has 1 aromatic carbocycles. The third-order valence-electron chi connectivity index (χ3n) is 4.52. The van der Waals surface area contributed by atoms with Crippen molar-refractivity contribution >= 4 is 11.0 Å². The molecule has 1 heterocycles. The van der Waals surface area contributed by atoms with Crippen LogP contribution in [0.15, 0.2) is 28.7 Å². The van der Waals surface area contributed by atoms with Gasteiger partial charge in [0.15, 0.2) is 0 Å². The van der Waals surface area contributed by atoms with Crippen LogP contribution in [-0.2, 0) is 17.9 Å². The highest BCUT2D eigenvalue weighted by atomic mass is 16.5. The van der Waals surface area contributed by atoms with Crippen LogP contribution in [0, 0.1) is 5.92 Å². The van der Waals surface area contributed by atoms with Gasteiger partial charge >= 0.3 is 0 Å². The molecule has 0 atom stereocenters. The lowest BCUT2D eigenvalue weighted by Crippen LogP contribution is -2.16. The van der Waals surface area contributed by atoms with E-state index in [9.17, 15) is 0 Å². The summed E-state index contributed by atoms with van der Waals surface area (Å²) in [6.07, 6.45) is 6.61. The van der Waals surface area contributed by atoms with Gasteiger partial charge in [-0.1, -0.05) is 31.0 Å². The summed E-state index contributed by atoms with van der Waals surface area (Å²) in [7, 11) is 0. The normalized spacial score (nSPS) is 18.5. The van der Waals surface area contributed by atoms with Crippen molar-refractivity contribution < 1.29 is 9.15 Å². The molecular weight excluding hydrogens is 262 g/mol. The SMILES string of the molecule is c1ccc2c(COCCC3CC3)c(CNC3CC3)oc2c1. The first-order chi connectivity index (χ1) is 10.4. The predicted octanol–water partition coefficient (Wildman–Crippen LogP) is 4.00. The van der Waals surface area contributed by atoms with E-state index in [1.54, 1.807) is 0 Å². The second kappa shape index (κ2) is 5.82. The molecule has 4 rings (SSSR count). The maximum atomic E-state index is 6.03. The van der Waals surface area contributed by atoms with Crippen LogP contribution in [0.3, 0.4) is 0 Å². The van der Waals surface area contributed by atoms with E-state index in [1.165, 1.54) is 43.1 Å². The van der Waals surface area contributed by atoms with Gasteiger partial charge in [-0.15, -0.1) is 0 Å². The third kappa shape index (κ3) is 3.30. The average Bonchev–Trinajstić information content (AvgIpc) is 3.41. The molecule has 0 spiro atoms. The second-order valence-corrected chi connectivity index (χ2v) is 6.44. The van der Waals surface area contributed by atoms with Gasteiger partial charge < -0.3 is 14.5 Å². The summed E-state index contributed by atoms with van der Waals surface area (Å²) in [6.45, 7) is 2.37. The van der Waals surface area contributed by atoms with Gasteiger partial charge in [-0.05, 0) is 31.2 Å². The van der Waals surface area contributed by atoms with Gasteiger partial charge in [-0.25, -0.2) is 0 Å². The summed E-state index contributed by atoms with van der Waals surface area (Å²) in [6, 6.07) is 8.98. The van der Waals surface area contributed by atoms with Crippen LogP contribution in [0.1, 0.15) is 43.4 Å². The van der Waals surface area contributed by atoms with Gasteiger partial charge in [-0.2, -0.15) is 0 Å². The maximum absolute atomic E-state index is 6.03. The third-order valence-corrected chi connectivity index (χ3v) is 4.52. The molecule has 2 aliphatic carbocycles. The van der Waals surface area contributed by atoms with Gasteiger partial charge in [0, 0.05) is 23.6 Å². The van der Waals surface area contributed by atoms with E-state index in [0.29, 0.717) is 12.6 Å². The Hall–Kier alpha value is -1.32. The number of fused-ring (bicyclic) bond motifs is 1. The molecule has 2 aromatic rings. The summed E-state index contributed by atoms with van der Waals surface area (Å²) >= 11 is 0. The van der Waals surface area contributed by atoms with E-state index in [1.807, 2.05) is 12.1 Å². The van der Waals surface area contributed by atoms with Crippen LogP contribution in [-0.4, -0.2) is 12.6 Å². The lowest BCUT2D eigenvalue weighted by atomic mass is 10.1. The van der Waals surface area contributed by atoms with Crippen LogP contribution >= 0.6 is 0 Å². The molecule has 1 N–H and O–H groups in total. The molecule has 112 valence electrons. The molecule has 2 saturated carbocycles. The van der Waals surface area contributed by atoms with Crippen molar-refractivity contribution in [1.29, 1.82) is 0 Å². The van der Waals surface area contributed by atoms with Crippen molar-refractivity contribution in [1.82, 2.24) is 5.32 Å². The minimum absolute atomic E-state index is 0.672. The van der Waals surface area contributed by atoms with Crippen LogP contribution in [0.25, 0.3) is 11.0 Å². The zero-order valence-electron chi connectivity index (χ0n) is 12.4. The fraction of sp³-hybridized carbons (Fsp3) is 0.556. The molecule has 3 nitrogen and oxygen atoms in total. The number of furan rings is 1. The van der Waals surface area contributed by atoms with E-state index in [0.717, 1.165) is 30.4 Å². The average molecular weight is 285 g/mol. The number of para-hydroxylation sites is 1. The maximum Gasteiger partial charge on any atom is 0.134 e. The fourth-order valence-corrected chi connectivity index (χ4v) is 2.81. The largest absolute Gasteiger partial charge is 0.459 e. The van der Waals surface area contributed by atoms with Crippen LogP contribution in [0.5, 0.6) is 0 Å². The molecule has 0 radical (unpaired) electrons. The zero-order chi connectivity index (χ0) is 14.1. The van der Waals surface area contributed by atoms with E-state index in [-0.39, 0.29) is 0 Å². The Labute approximate surface area is 125 Å². The molecule has 0 bridgehead atoms. The summed E-state index contributed by atoms with van der Waals surface area (Å²) in [5.41, 5.74) is 2.21. The van der Waals surface area contributed by atoms with Crippen molar-refractivity contribution in [3.63, 3.8) is 0 Å². The fourth-order valence-electron chi connectivity index (χ4n) is 2.81. The van der Waals surface area contributed by atoms with E-state index >= 15 is 0 Å². The number of nitrogens with one attached hydrogen (secondary N) is 1. The van der Waals surface area contributed by atoms with Crippen molar-refractivity contribution in [2.75, 3.05) is 6.61 Å². The van der Waals surface area contributed by atoms with E-state index in [2.05, 4.69) is 17.4 Å². The summed E-state index contributed by atoms with van der Waals surface area (Å²) in [5.74, 6) is 1.98. The molecule has 21 heavy (non-hydrogen) atoms. The standard InChI is InChI=1S/C18H23NO2/c1-2-4-17-15(3-1)16(12-20-10-9-13-5-6-13)18(21-17)11-19-14-7-8-14/h1-4,13-14,19H,5-12H2. The van der Waals surface area contributed by atoms with Gasteiger partial charge in [0.25, 0.3) is 0 Å². The molecule has 2 aliphatic rings. The Morgan fingerprint density at radius 2 is 2.00 bits per heavy atom. The lowest BCUT2D eigenvalue weighted by molar-refractivity contribution is 0.114. The Kier molecular flexibility index (Phi) is 3.70. The lowest BCUT2D eigenvalue weighted by Gasteiger charge is -2.06. The smallest absolute Gasteiger partial charge is 0.134 e. The predicted molar refractivity (Wildman–Crippen MR) is 83.1 cm³/mol. The minimum Gasteiger partial charge on any atom is -0.459 e. The summed E-state index contributed by atoms with van der Waals surface area (Å²) in [5, 5.41) is 4.75. The van der Waals surface area contributed by atoms with Crippen LogP contribution in [0.2, 0.25) is 0 Å². The van der Waals surface area contributed by atoms with E-state index in [4.69, 9.17) is 9.15 Å². The Bertz CT molecular complexity index is 611. The van der Waals surface area contributed by atoms with Gasteiger partial charge in [0.1, 0.15) is 11.3 Å². The first-order valence-corrected chi connectivity index (χ1v) is 8.20. The summed E-state index contributed by atoms with van der Waals surface area (Å²) < 4.78 is 11.9. The highest BCUT2D eigenvalue weighted by molar-refractivity contribution is 5.82. The van der Waals surface area contributed by atoms with Crippen LogP contribution in [0.4, 0.5) is 0 Å². The van der Waals surface area contributed by atoms with Crippen molar-refractivity contribution in [2.45, 2.75) is 51.3 Å². The number of hydrogen-bond donors (Lipinski definition) is 1. The van der Waals surface area contributed by atoms with Crippen molar-refractivity contribution in [2.24, 2.45) is 5.92 Å². The van der Waals surface area contributed by atoms with Gasteiger partial charge in [0.2, 0.25) is 0 Å². The van der Waals surface area contributed by atoms with Gasteiger partial charge in [-0.3, -0.25) is 0 Å². The minimum atomic E-state index is 0.672. The number of ether oxygens (including phenoxy) is 1. The quantitative estimate of drug-likeness (QED) is 0.744. The molecule has 0 unspecified atom stereocenters. The molecule has 0 saturated heterocycles. The molecule has 0 aliphatic heterocycles. The second-order valence-electron chi connectivity index (χ2n) is 6.44. The topological polar surface area (TPSA) is 34.4 Å². The van der Waals surface area contributed by atoms with Crippen molar-refractivity contribution in [3.8, 4) is 0 Å². The molecule has 1 aromatic heterocycles. The van der Waals surface area contributed by atoms with Gasteiger partial charge in [0.05, 0.1) is 13.2 Å². The molecule has 2 fully saturated rings. The zero-order valence-corrected chi connectivity index (χ0v) is 12.4. The van der Waals surface area contributed by atoms with Crippen LogP contribution < -0.4 is 5.32 Å².